The number of hydrogen-bond acceptors (Lipinski definition) is 1. The third-order valence-electron chi connectivity index (χ3n) is 3.91. The van der Waals surface area contributed by atoms with Gasteiger partial charge in [0.2, 0.25) is 0 Å². The Bertz CT molecular complexity index is 847. The summed E-state index contributed by atoms with van der Waals surface area (Å²) in [5.74, 6) is -0.904. The molecule has 0 saturated carbocycles. The van der Waals surface area contributed by atoms with Crippen molar-refractivity contribution in [3.8, 4) is 0 Å². The SMILES string of the molecule is O=C(O)c1ccc(/C=C/c2ccccc2Cc2ccccc2)cc1. The van der Waals surface area contributed by atoms with Crippen LogP contribution in [-0.4, -0.2) is 11.1 Å². The molecule has 1 N–H and O–H groups in total. The molecular weight excluding hydrogens is 296 g/mol. The fraction of sp³-hybridized carbons (Fsp3) is 0.0455. The molecule has 2 heteroatoms. The number of carboxylic acids is 1. The number of hydrogen-bond donors (Lipinski definition) is 1. The molecule has 24 heavy (non-hydrogen) atoms. The molecule has 0 atom stereocenters. The molecule has 2 nitrogen and oxygen atoms in total. The largest absolute Gasteiger partial charge is 0.478 e. The van der Waals surface area contributed by atoms with Crippen molar-refractivity contribution in [2.45, 2.75) is 6.42 Å². The Morgan fingerprint density at radius 1 is 0.792 bits per heavy atom. The van der Waals surface area contributed by atoms with Crippen molar-refractivity contribution in [2.24, 2.45) is 0 Å². The number of rotatable bonds is 5. The second-order valence-electron chi connectivity index (χ2n) is 5.62. The van der Waals surface area contributed by atoms with Gasteiger partial charge in [-0.2, -0.15) is 0 Å². The first-order chi connectivity index (χ1) is 11.7. The lowest BCUT2D eigenvalue weighted by Crippen LogP contribution is -1.94. The standard InChI is InChI=1S/C22H18O2/c23-22(24)20-14-11-17(12-15-20)10-13-19-8-4-5-9-21(19)16-18-6-2-1-3-7-18/h1-15H,16H2,(H,23,24)/b13-10+. The van der Waals surface area contributed by atoms with Crippen molar-refractivity contribution in [1.29, 1.82) is 0 Å². The maximum absolute atomic E-state index is 10.9. The van der Waals surface area contributed by atoms with Gasteiger partial charge in [-0.15, -0.1) is 0 Å². The molecule has 0 fully saturated rings. The molecular formula is C22H18O2. The highest BCUT2D eigenvalue weighted by molar-refractivity contribution is 5.88. The first-order valence-corrected chi connectivity index (χ1v) is 7.85. The predicted molar refractivity (Wildman–Crippen MR) is 98.0 cm³/mol. The smallest absolute Gasteiger partial charge is 0.335 e. The highest BCUT2D eigenvalue weighted by Gasteiger charge is 2.02. The zero-order chi connectivity index (χ0) is 16.8. The first kappa shape index (κ1) is 15.8. The van der Waals surface area contributed by atoms with Gasteiger partial charge in [0.25, 0.3) is 0 Å². The van der Waals surface area contributed by atoms with Crippen molar-refractivity contribution < 1.29 is 9.90 Å². The molecule has 0 aromatic heterocycles. The van der Waals surface area contributed by atoms with E-state index in [0.29, 0.717) is 5.56 Å². The molecule has 0 unspecified atom stereocenters. The van der Waals surface area contributed by atoms with Crippen LogP contribution in [0.2, 0.25) is 0 Å². The number of aromatic carboxylic acids is 1. The summed E-state index contributed by atoms with van der Waals surface area (Å²) >= 11 is 0. The van der Waals surface area contributed by atoms with E-state index in [4.69, 9.17) is 5.11 Å². The normalized spacial score (nSPS) is 10.8. The van der Waals surface area contributed by atoms with Gasteiger partial charge in [0, 0.05) is 0 Å². The van der Waals surface area contributed by atoms with E-state index in [-0.39, 0.29) is 0 Å². The molecule has 3 rings (SSSR count). The fourth-order valence-electron chi connectivity index (χ4n) is 2.60. The number of carboxylic acid groups (broad SMARTS) is 1. The summed E-state index contributed by atoms with van der Waals surface area (Å²) in [4.78, 5) is 10.9. The summed E-state index contributed by atoms with van der Waals surface area (Å²) in [6.45, 7) is 0. The van der Waals surface area contributed by atoms with Crippen molar-refractivity contribution in [1.82, 2.24) is 0 Å². The van der Waals surface area contributed by atoms with Gasteiger partial charge in [0.1, 0.15) is 0 Å². The second kappa shape index (κ2) is 7.42. The van der Waals surface area contributed by atoms with Crippen LogP contribution < -0.4 is 0 Å². The summed E-state index contributed by atoms with van der Waals surface area (Å²) in [5.41, 5.74) is 5.00. The van der Waals surface area contributed by atoms with Gasteiger partial charge in [-0.3, -0.25) is 0 Å². The quantitative estimate of drug-likeness (QED) is 0.662. The van der Waals surface area contributed by atoms with Gasteiger partial charge < -0.3 is 5.11 Å². The van der Waals surface area contributed by atoms with Crippen LogP contribution in [0.25, 0.3) is 12.2 Å². The third-order valence-corrected chi connectivity index (χ3v) is 3.91. The van der Waals surface area contributed by atoms with E-state index in [1.807, 2.05) is 30.3 Å². The summed E-state index contributed by atoms with van der Waals surface area (Å²) in [6, 6.07) is 25.6. The van der Waals surface area contributed by atoms with Crippen LogP contribution >= 0.6 is 0 Å². The Hall–Kier alpha value is -3.13. The molecule has 118 valence electrons. The third kappa shape index (κ3) is 3.99. The average Bonchev–Trinajstić information content (AvgIpc) is 2.62. The topological polar surface area (TPSA) is 37.3 Å². The Labute approximate surface area is 141 Å². The lowest BCUT2D eigenvalue weighted by atomic mass is 9.99. The van der Waals surface area contributed by atoms with Gasteiger partial charge in [0.15, 0.2) is 0 Å². The van der Waals surface area contributed by atoms with E-state index in [1.54, 1.807) is 12.1 Å². The minimum atomic E-state index is -0.904. The van der Waals surface area contributed by atoms with Crippen molar-refractivity contribution in [2.75, 3.05) is 0 Å². The van der Waals surface area contributed by atoms with Crippen LogP contribution in [0.15, 0.2) is 78.9 Å². The lowest BCUT2D eigenvalue weighted by molar-refractivity contribution is 0.0697. The second-order valence-corrected chi connectivity index (χ2v) is 5.62. The molecule has 0 bridgehead atoms. The molecule has 0 heterocycles. The van der Waals surface area contributed by atoms with E-state index < -0.39 is 5.97 Å². The molecule has 0 saturated heterocycles. The maximum atomic E-state index is 10.9. The maximum Gasteiger partial charge on any atom is 0.335 e. The van der Waals surface area contributed by atoms with Gasteiger partial charge in [-0.1, -0.05) is 78.9 Å². The van der Waals surface area contributed by atoms with Gasteiger partial charge in [-0.25, -0.2) is 4.79 Å². The van der Waals surface area contributed by atoms with E-state index in [2.05, 4.69) is 48.5 Å². The van der Waals surface area contributed by atoms with Crippen molar-refractivity contribution >= 4 is 18.1 Å². The summed E-state index contributed by atoms with van der Waals surface area (Å²) in [6.07, 6.45) is 4.98. The Morgan fingerprint density at radius 3 is 2.17 bits per heavy atom. The van der Waals surface area contributed by atoms with E-state index in [0.717, 1.165) is 12.0 Å². The van der Waals surface area contributed by atoms with E-state index >= 15 is 0 Å². The molecule has 0 aliphatic carbocycles. The van der Waals surface area contributed by atoms with Crippen LogP contribution in [0.5, 0.6) is 0 Å². The van der Waals surface area contributed by atoms with Gasteiger partial charge in [-0.05, 0) is 40.8 Å². The Morgan fingerprint density at radius 2 is 1.46 bits per heavy atom. The molecule has 3 aromatic rings. The van der Waals surface area contributed by atoms with Crippen molar-refractivity contribution in [3.63, 3.8) is 0 Å². The minimum absolute atomic E-state index is 0.302. The van der Waals surface area contributed by atoms with Crippen LogP contribution in [0, 0.1) is 0 Å². The van der Waals surface area contributed by atoms with Crippen molar-refractivity contribution in [3.05, 3.63) is 107 Å². The zero-order valence-corrected chi connectivity index (χ0v) is 13.2. The zero-order valence-electron chi connectivity index (χ0n) is 13.2. The fourth-order valence-corrected chi connectivity index (χ4v) is 2.60. The Balaban J connectivity index is 1.81. The summed E-state index contributed by atoms with van der Waals surface area (Å²) in [5, 5.41) is 8.94. The molecule has 0 radical (unpaired) electrons. The van der Waals surface area contributed by atoms with Gasteiger partial charge >= 0.3 is 5.97 Å². The Kier molecular flexibility index (Phi) is 4.87. The monoisotopic (exact) mass is 314 g/mol. The molecule has 0 spiro atoms. The molecule has 0 aliphatic heterocycles. The summed E-state index contributed by atoms with van der Waals surface area (Å²) in [7, 11) is 0. The van der Waals surface area contributed by atoms with Crippen LogP contribution in [0.4, 0.5) is 0 Å². The first-order valence-electron chi connectivity index (χ1n) is 7.85. The number of carbonyl (C=O) groups is 1. The molecule has 3 aromatic carbocycles. The minimum Gasteiger partial charge on any atom is -0.478 e. The van der Waals surface area contributed by atoms with Gasteiger partial charge in [0.05, 0.1) is 5.56 Å². The average molecular weight is 314 g/mol. The molecule has 0 amide bonds. The van der Waals surface area contributed by atoms with Crippen LogP contribution in [0.3, 0.4) is 0 Å². The summed E-state index contributed by atoms with van der Waals surface area (Å²) < 4.78 is 0. The highest BCUT2D eigenvalue weighted by Crippen LogP contribution is 2.17. The predicted octanol–water partition coefficient (Wildman–Crippen LogP) is 5.15. The number of benzene rings is 3. The van der Waals surface area contributed by atoms with E-state index in [1.165, 1.54) is 16.7 Å². The lowest BCUT2D eigenvalue weighted by Gasteiger charge is -2.06. The molecule has 0 aliphatic rings. The van der Waals surface area contributed by atoms with Crippen LogP contribution in [-0.2, 0) is 6.42 Å². The highest BCUT2D eigenvalue weighted by atomic mass is 16.4. The van der Waals surface area contributed by atoms with Crippen LogP contribution in [0.1, 0.15) is 32.6 Å². The van der Waals surface area contributed by atoms with E-state index in [9.17, 15) is 4.79 Å².